The standard InChI is InChI=1S/C26H24F4N4O3/c1-36-14-20-15-6-8-19(21(12-15)37-22-9-7-16(13-33-22)26(28,29)30)34(20)25(35)17-4-2-5-18(27)23(17)24-31-10-3-11-32-24/h2-5,7,9-11,13,15,19-21H,6,8,12,14H2,1H3. The molecule has 2 bridgehead atoms. The Bertz CT molecular complexity index is 1260. The molecule has 1 aliphatic carbocycles. The lowest BCUT2D eigenvalue weighted by Gasteiger charge is -2.54. The first-order chi connectivity index (χ1) is 17.8. The highest BCUT2D eigenvalue weighted by atomic mass is 19.4. The second-order valence-electron chi connectivity index (χ2n) is 9.15. The Morgan fingerprint density at radius 1 is 1.08 bits per heavy atom. The van der Waals surface area contributed by atoms with Crippen molar-refractivity contribution in [2.75, 3.05) is 13.7 Å². The number of hydrogen-bond donors (Lipinski definition) is 0. The minimum atomic E-state index is -4.50. The molecule has 3 aromatic rings. The quantitative estimate of drug-likeness (QED) is 0.439. The van der Waals surface area contributed by atoms with Gasteiger partial charge in [-0.1, -0.05) is 6.07 Å². The first-order valence-corrected chi connectivity index (χ1v) is 11.9. The van der Waals surface area contributed by atoms with Gasteiger partial charge in [-0.25, -0.2) is 19.3 Å². The lowest BCUT2D eigenvalue weighted by molar-refractivity contribution is -0.137. The first-order valence-electron chi connectivity index (χ1n) is 11.9. The third-order valence-electron chi connectivity index (χ3n) is 7.00. The molecule has 37 heavy (non-hydrogen) atoms. The monoisotopic (exact) mass is 516 g/mol. The van der Waals surface area contributed by atoms with Gasteiger partial charge in [0.25, 0.3) is 5.91 Å². The normalized spacial score (nSPS) is 23.2. The fraction of sp³-hybridized carbons (Fsp3) is 0.385. The van der Waals surface area contributed by atoms with Gasteiger partial charge in [-0.2, -0.15) is 13.2 Å². The number of fused-ring (bicyclic) bond motifs is 3. The van der Waals surface area contributed by atoms with E-state index in [4.69, 9.17) is 9.47 Å². The van der Waals surface area contributed by atoms with E-state index in [2.05, 4.69) is 15.0 Å². The van der Waals surface area contributed by atoms with Crippen LogP contribution in [0.15, 0.2) is 55.0 Å². The molecule has 1 saturated carbocycles. The van der Waals surface area contributed by atoms with Crippen LogP contribution in [0, 0.1) is 11.7 Å². The van der Waals surface area contributed by atoms with Crippen molar-refractivity contribution in [3.05, 3.63) is 71.9 Å². The molecule has 1 aromatic carbocycles. The maximum Gasteiger partial charge on any atom is 0.417 e. The van der Waals surface area contributed by atoms with Crippen LogP contribution in [0.4, 0.5) is 17.6 Å². The van der Waals surface area contributed by atoms with Crippen molar-refractivity contribution in [2.45, 2.75) is 43.6 Å². The maximum atomic E-state index is 15.0. The average Bonchev–Trinajstić information content (AvgIpc) is 2.89. The van der Waals surface area contributed by atoms with Crippen LogP contribution < -0.4 is 4.74 Å². The number of aromatic nitrogens is 3. The molecule has 4 atom stereocenters. The molecule has 3 aliphatic rings. The number of carbonyl (C=O) groups excluding carboxylic acids is 1. The molecule has 4 heterocycles. The van der Waals surface area contributed by atoms with Crippen molar-refractivity contribution in [3.63, 3.8) is 0 Å². The molecule has 3 fully saturated rings. The van der Waals surface area contributed by atoms with E-state index in [1.54, 1.807) is 18.1 Å². The summed E-state index contributed by atoms with van der Waals surface area (Å²) in [6.07, 6.45) is 0.715. The zero-order valence-electron chi connectivity index (χ0n) is 19.9. The number of carbonyl (C=O) groups is 1. The number of amides is 1. The maximum absolute atomic E-state index is 15.0. The van der Waals surface area contributed by atoms with Gasteiger partial charge < -0.3 is 14.4 Å². The van der Waals surface area contributed by atoms with E-state index in [0.29, 0.717) is 12.8 Å². The van der Waals surface area contributed by atoms with E-state index in [0.717, 1.165) is 18.7 Å². The Balaban J connectivity index is 1.47. The number of pyridine rings is 1. The highest BCUT2D eigenvalue weighted by Crippen LogP contribution is 2.43. The molecule has 7 nitrogen and oxygen atoms in total. The van der Waals surface area contributed by atoms with Crippen molar-refractivity contribution in [1.29, 1.82) is 0 Å². The van der Waals surface area contributed by atoms with Gasteiger partial charge in [0.15, 0.2) is 5.82 Å². The number of nitrogens with zero attached hydrogens (tertiary/aromatic N) is 4. The summed E-state index contributed by atoms with van der Waals surface area (Å²) in [7, 11) is 1.55. The Kier molecular flexibility index (Phi) is 6.80. The summed E-state index contributed by atoms with van der Waals surface area (Å²) in [6.45, 7) is 0.282. The highest BCUT2D eigenvalue weighted by molar-refractivity contribution is 6.00. The lowest BCUT2D eigenvalue weighted by atomic mass is 9.72. The lowest BCUT2D eigenvalue weighted by Crippen LogP contribution is -2.65. The average molecular weight is 516 g/mol. The van der Waals surface area contributed by atoms with Crippen LogP contribution in [0.2, 0.25) is 0 Å². The van der Waals surface area contributed by atoms with E-state index < -0.39 is 35.6 Å². The Morgan fingerprint density at radius 3 is 2.54 bits per heavy atom. The van der Waals surface area contributed by atoms with Gasteiger partial charge in [-0.15, -0.1) is 0 Å². The number of halogens is 4. The second kappa shape index (κ2) is 10.0. The summed E-state index contributed by atoms with van der Waals surface area (Å²) in [4.78, 5) is 27.8. The number of methoxy groups -OCH3 is 1. The van der Waals surface area contributed by atoms with Gasteiger partial charge in [0, 0.05) is 31.8 Å². The van der Waals surface area contributed by atoms with Crippen LogP contribution in [0.1, 0.15) is 35.2 Å². The van der Waals surface area contributed by atoms with Crippen LogP contribution in [0.5, 0.6) is 5.88 Å². The third-order valence-corrected chi connectivity index (χ3v) is 7.00. The summed E-state index contributed by atoms with van der Waals surface area (Å²) < 4.78 is 65.2. The topological polar surface area (TPSA) is 77.4 Å². The molecule has 2 aromatic heterocycles. The summed E-state index contributed by atoms with van der Waals surface area (Å²) in [6, 6.07) is 7.26. The van der Waals surface area contributed by atoms with E-state index in [1.165, 1.54) is 36.7 Å². The SMILES string of the molecule is COCC1C2CCC(C(Oc3ccc(C(F)(F)F)cn3)C2)N1C(=O)c1cccc(F)c1-c1ncccn1. The van der Waals surface area contributed by atoms with Crippen LogP contribution in [-0.2, 0) is 10.9 Å². The summed E-state index contributed by atoms with van der Waals surface area (Å²) >= 11 is 0. The molecule has 0 N–H and O–H groups in total. The van der Waals surface area contributed by atoms with Crippen molar-refractivity contribution in [1.82, 2.24) is 19.9 Å². The highest BCUT2D eigenvalue weighted by Gasteiger charge is 2.50. The van der Waals surface area contributed by atoms with Gasteiger partial charge in [0.1, 0.15) is 11.9 Å². The largest absolute Gasteiger partial charge is 0.472 e. The van der Waals surface area contributed by atoms with Gasteiger partial charge in [0.05, 0.1) is 35.4 Å². The molecule has 2 saturated heterocycles. The Morgan fingerprint density at radius 2 is 1.86 bits per heavy atom. The fourth-order valence-corrected chi connectivity index (χ4v) is 5.37. The molecule has 4 unspecified atom stereocenters. The van der Waals surface area contributed by atoms with Crippen molar-refractivity contribution < 1.29 is 31.8 Å². The minimum absolute atomic E-state index is 0.00703. The molecule has 2 aliphatic heterocycles. The third kappa shape index (κ3) is 4.87. The van der Waals surface area contributed by atoms with Gasteiger partial charge in [-0.3, -0.25) is 4.79 Å². The molecular weight excluding hydrogens is 492 g/mol. The number of alkyl halides is 3. The zero-order valence-corrected chi connectivity index (χ0v) is 19.9. The fourth-order valence-electron chi connectivity index (χ4n) is 5.37. The molecule has 1 amide bonds. The van der Waals surface area contributed by atoms with E-state index in [-0.39, 0.29) is 41.4 Å². The smallest absolute Gasteiger partial charge is 0.417 e. The van der Waals surface area contributed by atoms with E-state index >= 15 is 0 Å². The summed E-state index contributed by atoms with van der Waals surface area (Å²) in [5.74, 6) is -0.864. The number of ether oxygens (including phenoxy) is 2. The van der Waals surface area contributed by atoms with Gasteiger partial charge in [-0.05, 0) is 49.4 Å². The molecule has 0 spiro atoms. The number of rotatable bonds is 6. The number of piperidine rings is 2. The van der Waals surface area contributed by atoms with Crippen LogP contribution in [0.3, 0.4) is 0 Å². The Hall–Kier alpha value is -3.60. The summed E-state index contributed by atoms with van der Waals surface area (Å²) in [5, 5.41) is 0. The van der Waals surface area contributed by atoms with Gasteiger partial charge >= 0.3 is 6.18 Å². The van der Waals surface area contributed by atoms with E-state index in [9.17, 15) is 22.4 Å². The predicted octanol–water partition coefficient (Wildman–Crippen LogP) is 4.78. The molecule has 194 valence electrons. The van der Waals surface area contributed by atoms with Gasteiger partial charge in [0.2, 0.25) is 5.88 Å². The molecular formula is C26H24F4N4O3. The molecule has 6 rings (SSSR count). The van der Waals surface area contributed by atoms with Crippen molar-refractivity contribution >= 4 is 5.91 Å². The molecule has 11 heteroatoms. The number of hydrogen-bond acceptors (Lipinski definition) is 6. The predicted molar refractivity (Wildman–Crippen MR) is 124 cm³/mol. The number of benzene rings is 1. The van der Waals surface area contributed by atoms with Crippen LogP contribution >= 0.6 is 0 Å². The zero-order chi connectivity index (χ0) is 26.2. The van der Waals surface area contributed by atoms with E-state index in [1.807, 2.05) is 0 Å². The minimum Gasteiger partial charge on any atom is -0.472 e. The van der Waals surface area contributed by atoms with Crippen molar-refractivity contribution in [2.24, 2.45) is 5.92 Å². The first kappa shape index (κ1) is 25.1. The summed E-state index contributed by atoms with van der Waals surface area (Å²) in [5.41, 5.74) is -0.748. The van der Waals surface area contributed by atoms with Crippen LogP contribution in [0.25, 0.3) is 11.4 Å². The van der Waals surface area contributed by atoms with Crippen molar-refractivity contribution in [3.8, 4) is 17.3 Å². The Labute approximate surface area is 210 Å². The second-order valence-corrected chi connectivity index (χ2v) is 9.15. The molecule has 0 radical (unpaired) electrons. The van der Waals surface area contributed by atoms with Crippen LogP contribution in [-0.4, -0.2) is 57.7 Å².